The summed E-state index contributed by atoms with van der Waals surface area (Å²) in [5.41, 5.74) is -1.10. The van der Waals surface area contributed by atoms with Gasteiger partial charge in [-0.15, -0.1) is 11.8 Å². The summed E-state index contributed by atoms with van der Waals surface area (Å²) in [6.45, 7) is 9.94. The number of hydrogen-bond acceptors (Lipinski definition) is 6. The number of thioether (sulfide) groups is 1. The fraction of sp³-hybridized carbons (Fsp3) is 0.652. The zero-order valence-electron chi connectivity index (χ0n) is 20.7. The van der Waals surface area contributed by atoms with Gasteiger partial charge in [-0.3, -0.25) is 10.3 Å². The average molecular weight is 537 g/mol. The number of nitrogens with one attached hydrogen (secondary N) is 2. The minimum atomic E-state index is -4.67. The molecule has 1 aromatic rings. The number of anilines is 1. The van der Waals surface area contributed by atoms with Gasteiger partial charge in [-0.05, 0) is 40.7 Å². The first-order valence-electron chi connectivity index (χ1n) is 11.3. The monoisotopic (exact) mass is 536 g/mol. The summed E-state index contributed by atoms with van der Waals surface area (Å²) in [5, 5.41) is 11.8. The second-order valence-electron chi connectivity index (χ2n) is 9.93. The summed E-state index contributed by atoms with van der Waals surface area (Å²) < 4.78 is 52.2. The van der Waals surface area contributed by atoms with Gasteiger partial charge in [-0.2, -0.15) is 13.2 Å². The molecule has 1 amide bonds. The van der Waals surface area contributed by atoms with E-state index in [1.807, 2.05) is 13.8 Å². The molecule has 2 heterocycles. The van der Waals surface area contributed by atoms with E-state index in [-0.39, 0.29) is 52.5 Å². The first-order chi connectivity index (χ1) is 16.1. The molecular weight excluding hydrogens is 505 g/mol. The topological polar surface area (TPSA) is 77.9 Å². The first kappa shape index (κ1) is 27.7. The highest BCUT2D eigenvalue weighted by Gasteiger charge is 2.40. The fourth-order valence-corrected chi connectivity index (χ4v) is 5.89. The maximum absolute atomic E-state index is 13.8. The summed E-state index contributed by atoms with van der Waals surface area (Å²) in [5.74, 6) is 0.425. The van der Waals surface area contributed by atoms with Crippen molar-refractivity contribution < 1.29 is 27.4 Å². The predicted molar refractivity (Wildman–Crippen MR) is 132 cm³/mol. The normalized spacial score (nSPS) is 23.0. The molecule has 1 saturated heterocycles. The van der Waals surface area contributed by atoms with Crippen molar-refractivity contribution in [2.24, 2.45) is 0 Å². The number of hydrogen-bond donors (Lipinski definition) is 2. The number of carbonyl (C=O) groups excluding carboxylic acids is 1. The molecule has 0 saturated carbocycles. The highest BCUT2D eigenvalue weighted by Crippen LogP contribution is 2.47. The number of piperazine rings is 1. The van der Waals surface area contributed by atoms with Gasteiger partial charge in [-0.1, -0.05) is 11.6 Å². The molecule has 0 radical (unpaired) electrons. The van der Waals surface area contributed by atoms with Crippen molar-refractivity contribution in [1.82, 2.24) is 9.80 Å². The van der Waals surface area contributed by atoms with Gasteiger partial charge in [0.05, 0.1) is 45.9 Å². The molecule has 1 fully saturated rings. The van der Waals surface area contributed by atoms with E-state index in [1.165, 1.54) is 11.8 Å². The van der Waals surface area contributed by atoms with Crippen LogP contribution >= 0.6 is 23.4 Å². The maximum atomic E-state index is 13.8. The van der Waals surface area contributed by atoms with E-state index in [0.717, 1.165) is 6.07 Å². The molecule has 35 heavy (non-hydrogen) atoms. The zero-order valence-corrected chi connectivity index (χ0v) is 22.2. The molecule has 0 spiro atoms. The predicted octanol–water partition coefficient (Wildman–Crippen LogP) is 5.55. The molecule has 2 N–H and O–H groups in total. The van der Waals surface area contributed by atoms with Crippen LogP contribution in [0.5, 0.6) is 0 Å². The smallest absolute Gasteiger partial charge is 0.417 e. The van der Waals surface area contributed by atoms with Crippen LogP contribution in [-0.4, -0.2) is 78.0 Å². The van der Waals surface area contributed by atoms with Crippen molar-refractivity contribution >= 4 is 41.0 Å². The number of amidine groups is 1. The standard InChI is InChI=1S/C23H32ClF3N4O3S/c1-12-8-30(9-13(2)31(12)21(32)34-22(3,4)5)20(28)15-7-16(23(25,26)27)17(24)19-18(15)29-14(10-33-6)11-35-19/h7,12-14,28-29H,8-11H2,1-6H3/t12-,13+,14-/m0/s1. The first-order valence-corrected chi connectivity index (χ1v) is 12.7. The van der Waals surface area contributed by atoms with Gasteiger partial charge in [-0.25, -0.2) is 4.79 Å². The van der Waals surface area contributed by atoms with Crippen LogP contribution in [0, 0.1) is 5.41 Å². The third kappa shape index (κ3) is 6.11. The summed E-state index contributed by atoms with van der Waals surface area (Å²) in [6.07, 6.45) is -5.12. The fourth-order valence-electron chi connectivity index (χ4n) is 4.38. The average Bonchev–Trinajstić information content (AvgIpc) is 2.71. The molecule has 7 nitrogen and oxygen atoms in total. The second kappa shape index (κ2) is 10.3. The van der Waals surface area contributed by atoms with Gasteiger partial charge in [0.15, 0.2) is 0 Å². The van der Waals surface area contributed by atoms with Crippen LogP contribution in [-0.2, 0) is 15.7 Å². The Balaban J connectivity index is 1.95. The third-order valence-corrected chi connectivity index (χ3v) is 7.54. The van der Waals surface area contributed by atoms with Gasteiger partial charge in [0, 0.05) is 31.5 Å². The van der Waals surface area contributed by atoms with Gasteiger partial charge in [0.1, 0.15) is 11.4 Å². The van der Waals surface area contributed by atoms with E-state index >= 15 is 0 Å². The quantitative estimate of drug-likeness (QED) is 0.390. The number of halogens is 4. The highest BCUT2D eigenvalue weighted by molar-refractivity contribution is 7.99. The van der Waals surface area contributed by atoms with Gasteiger partial charge in [0.2, 0.25) is 0 Å². The van der Waals surface area contributed by atoms with Crippen LogP contribution in [0.4, 0.5) is 23.7 Å². The van der Waals surface area contributed by atoms with Crippen molar-refractivity contribution in [1.29, 1.82) is 5.41 Å². The number of rotatable bonds is 3. The molecular formula is C23H32ClF3N4O3S. The zero-order chi connectivity index (χ0) is 26.3. The lowest BCUT2D eigenvalue weighted by Gasteiger charge is -2.45. The molecule has 1 aromatic carbocycles. The Morgan fingerprint density at radius 1 is 1.26 bits per heavy atom. The van der Waals surface area contributed by atoms with Crippen molar-refractivity contribution in [2.75, 3.05) is 37.9 Å². The SMILES string of the molecule is COC[C@H]1CSc2c(Cl)c(C(F)(F)F)cc(C(=N)N3C[C@@H](C)N(C(=O)OC(C)(C)C)[C@@H](C)C3)c2N1. The van der Waals surface area contributed by atoms with Crippen LogP contribution in [0.25, 0.3) is 0 Å². The number of benzene rings is 1. The Hall–Kier alpha value is -1.85. The van der Waals surface area contributed by atoms with E-state index in [1.54, 1.807) is 37.7 Å². The maximum Gasteiger partial charge on any atom is 0.417 e. The highest BCUT2D eigenvalue weighted by atomic mass is 35.5. The summed E-state index contributed by atoms with van der Waals surface area (Å²) in [4.78, 5) is 16.3. The van der Waals surface area contributed by atoms with E-state index < -0.39 is 23.4 Å². The number of nitrogens with zero attached hydrogens (tertiary/aromatic N) is 2. The molecule has 2 aliphatic rings. The molecule has 0 unspecified atom stereocenters. The lowest BCUT2D eigenvalue weighted by molar-refractivity contribution is -0.137. The van der Waals surface area contributed by atoms with E-state index in [0.29, 0.717) is 18.0 Å². The molecule has 0 bridgehead atoms. The summed E-state index contributed by atoms with van der Waals surface area (Å²) >= 11 is 7.42. The molecule has 3 rings (SSSR count). The van der Waals surface area contributed by atoms with Crippen molar-refractivity contribution in [3.8, 4) is 0 Å². The van der Waals surface area contributed by atoms with Crippen LogP contribution < -0.4 is 5.32 Å². The number of methoxy groups -OCH3 is 1. The second-order valence-corrected chi connectivity index (χ2v) is 11.3. The molecule has 0 aliphatic carbocycles. The number of ether oxygens (including phenoxy) is 2. The summed E-state index contributed by atoms with van der Waals surface area (Å²) in [7, 11) is 1.55. The molecule has 3 atom stereocenters. The van der Waals surface area contributed by atoms with Gasteiger partial charge >= 0.3 is 12.3 Å². The lowest BCUT2D eigenvalue weighted by atomic mass is 10.0. The van der Waals surface area contributed by atoms with Crippen molar-refractivity contribution in [3.63, 3.8) is 0 Å². The number of fused-ring (bicyclic) bond motifs is 1. The van der Waals surface area contributed by atoms with E-state index in [4.69, 9.17) is 26.5 Å². The van der Waals surface area contributed by atoms with Crippen molar-refractivity contribution in [2.45, 2.75) is 69.4 Å². The van der Waals surface area contributed by atoms with Crippen LogP contribution in [0.1, 0.15) is 45.7 Å². The Morgan fingerprint density at radius 3 is 2.37 bits per heavy atom. The van der Waals surface area contributed by atoms with E-state index in [2.05, 4.69) is 5.32 Å². The molecule has 12 heteroatoms. The molecule has 0 aromatic heterocycles. The molecule has 2 aliphatic heterocycles. The van der Waals surface area contributed by atoms with Crippen LogP contribution in [0.2, 0.25) is 5.02 Å². The van der Waals surface area contributed by atoms with Crippen LogP contribution in [0.15, 0.2) is 11.0 Å². The number of carbonyl (C=O) groups is 1. The van der Waals surface area contributed by atoms with Crippen molar-refractivity contribution in [3.05, 3.63) is 22.2 Å². The third-order valence-electron chi connectivity index (χ3n) is 5.77. The Morgan fingerprint density at radius 2 is 1.86 bits per heavy atom. The Bertz CT molecular complexity index is 974. The Labute approximate surface area is 213 Å². The summed E-state index contributed by atoms with van der Waals surface area (Å²) in [6, 6.07) is 0.172. The van der Waals surface area contributed by atoms with Gasteiger partial charge < -0.3 is 19.7 Å². The Kier molecular flexibility index (Phi) is 8.13. The van der Waals surface area contributed by atoms with Gasteiger partial charge in [0.25, 0.3) is 0 Å². The minimum absolute atomic E-state index is 0.0582. The van der Waals surface area contributed by atoms with E-state index in [9.17, 15) is 18.0 Å². The minimum Gasteiger partial charge on any atom is -0.444 e. The lowest BCUT2D eigenvalue weighted by Crippen LogP contribution is -2.60. The molecule has 196 valence electrons. The van der Waals surface area contributed by atoms with Crippen LogP contribution in [0.3, 0.4) is 0 Å². The number of alkyl halides is 3. The number of amides is 1. The largest absolute Gasteiger partial charge is 0.444 e.